The summed E-state index contributed by atoms with van der Waals surface area (Å²) in [6.45, 7) is 4.00. The van der Waals surface area contributed by atoms with E-state index in [1.807, 2.05) is 25.2 Å². The normalized spacial score (nSPS) is 14.6. The number of rotatable bonds is 6. The van der Waals surface area contributed by atoms with E-state index < -0.39 is 12.0 Å². The molecule has 0 spiro atoms. The van der Waals surface area contributed by atoms with Crippen LogP contribution in [0.2, 0.25) is 0 Å². The average molecular weight is 197 g/mol. The van der Waals surface area contributed by atoms with Gasteiger partial charge in [0.2, 0.25) is 0 Å². The van der Waals surface area contributed by atoms with E-state index in [-0.39, 0.29) is 0 Å². The summed E-state index contributed by atoms with van der Waals surface area (Å²) in [4.78, 5) is 10.7. The molecule has 0 aromatic carbocycles. The van der Waals surface area contributed by atoms with Crippen LogP contribution in [0, 0.1) is 0 Å². The van der Waals surface area contributed by atoms with Crippen LogP contribution in [0.3, 0.4) is 0 Å². The second-order valence-electron chi connectivity index (χ2n) is 3.23. The number of nitrogens with one attached hydrogen (secondary N) is 1. The van der Waals surface area contributed by atoms with Gasteiger partial charge in [0.1, 0.15) is 6.04 Å². The Hall–Kier alpha value is -1.09. The minimum absolute atomic E-state index is 0.485. The van der Waals surface area contributed by atoms with Gasteiger partial charge in [-0.25, -0.2) is 0 Å². The quantitative estimate of drug-likeness (QED) is 0.640. The van der Waals surface area contributed by atoms with E-state index in [0.717, 1.165) is 12.0 Å². The van der Waals surface area contributed by atoms with Crippen molar-refractivity contribution in [2.24, 2.45) is 0 Å². The Labute approximate surface area is 85.5 Å². The van der Waals surface area contributed by atoms with Crippen LogP contribution in [0.5, 0.6) is 0 Å². The fourth-order valence-corrected chi connectivity index (χ4v) is 1.07. The second kappa shape index (κ2) is 7.33. The van der Waals surface area contributed by atoms with Gasteiger partial charge in [0.25, 0.3) is 0 Å². The summed E-state index contributed by atoms with van der Waals surface area (Å²) in [5, 5.41) is 11.5. The molecule has 0 fully saturated rings. The number of hydrogen-bond donors (Lipinski definition) is 2. The molecule has 0 rings (SSSR count). The van der Waals surface area contributed by atoms with Crippen LogP contribution in [0.1, 0.15) is 26.7 Å². The van der Waals surface area contributed by atoms with Crippen molar-refractivity contribution in [1.82, 2.24) is 5.32 Å². The molecule has 0 aromatic heterocycles. The highest BCUT2D eigenvalue weighted by Crippen LogP contribution is 2.05. The SMILES string of the molecule is CC/C=C\C=C(/C)C[C@H](NC)C(=O)O. The monoisotopic (exact) mass is 197 g/mol. The number of carboxylic acid groups (broad SMARTS) is 1. The molecule has 0 radical (unpaired) electrons. The molecule has 0 saturated heterocycles. The summed E-state index contributed by atoms with van der Waals surface area (Å²) in [7, 11) is 1.66. The zero-order valence-electron chi connectivity index (χ0n) is 9.08. The van der Waals surface area contributed by atoms with E-state index in [4.69, 9.17) is 5.11 Å². The number of likely N-dealkylation sites (N-methyl/N-ethyl adjacent to an activating group) is 1. The van der Waals surface area contributed by atoms with Crippen LogP contribution in [-0.4, -0.2) is 24.2 Å². The van der Waals surface area contributed by atoms with E-state index >= 15 is 0 Å². The largest absolute Gasteiger partial charge is 0.480 e. The molecule has 0 bridgehead atoms. The zero-order chi connectivity index (χ0) is 11.0. The van der Waals surface area contributed by atoms with Gasteiger partial charge in [0, 0.05) is 0 Å². The number of allylic oxidation sites excluding steroid dienone is 3. The zero-order valence-corrected chi connectivity index (χ0v) is 9.08. The van der Waals surface area contributed by atoms with Crippen molar-refractivity contribution >= 4 is 5.97 Å². The Kier molecular flexibility index (Phi) is 6.76. The molecule has 0 heterocycles. The lowest BCUT2D eigenvalue weighted by atomic mass is 10.1. The van der Waals surface area contributed by atoms with Gasteiger partial charge >= 0.3 is 5.97 Å². The molecule has 14 heavy (non-hydrogen) atoms. The minimum atomic E-state index is -0.806. The van der Waals surface area contributed by atoms with E-state index in [1.165, 1.54) is 0 Å². The number of aliphatic carboxylic acids is 1. The molecule has 1 atom stereocenters. The Bertz CT molecular complexity index is 231. The Morgan fingerprint density at radius 2 is 2.21 bits per heavy atom. The Morgan fingerprint density at radius 1 is 1.57 bits per heavy atom. The van der Waals surface area contributed by atoms with Crippen LogP contribution in [0.15, 0.2) is 23.8 Å². The van der Waals surface area contributed by atoms with Crippen molar-refractivity contribution in [3.63, 3.8) is 0 Å². The van der Waals surface area contributed by atoms with Gasteiger partial charge in [-0.05, 0) is 26.8 Å². The van der Waals surface area contributed by atoms with Gasteiger partial charge in [0.15, 0.2) is 0 Å². The highest BCUT2D eigenvalue weighted by atomic mass is 16.4. The van der Waals surface area contributed by atoms with Crippen LogP contribution in [0.25, 0.3) is 0 Å². The van der Waals surface area contributed by atoms with Crippen molar-refractivity contribution in [3.8, 4) is 0 Å². The highest BCUT2D eigenvalue weighted by Gasteiger charge is 2.14. The lowest BCUT2D eigenvalue weighted by Gasteiger charge is -2.10. The fourth-order valence-electron chi connectivity index (χ4n) is 1.07. The Balaban J connectivity index is 4.14. The van der Waals surface area contributed by atoms with E-state index in [1.54, 1.807) is 7.05 Å². The standard InChI is InChI=1S/C11H19NO2/c1-4-5-6-7-9(2)8-10(12-3)11(13)14/h5-7,10,12H,4,8H2,1-3H3,(H,13,14)/b6-5-,9-7+/t10-/m0/s1. The molecular formula is C11H19NO2. The first-order valence-electron chi connectivity index (χ1n) is 4.84. The smallest absolute Gasteiger partial charge is 0.321 e. The van der Waals surface area contributed by atoms with Gasteiger partial charge in [-0.3, -0.25) is 4.79 Å². The third-order valence-corrected chi connectivity index (χ3v) is 1.93. The molecule has 3 heteroatoms. The first-order chi connectivity index (χ1) is 6.61. The molecule has 0 amide bonds. The van der Waals surface area contributed by atoms with Crippen molar-refractivity contribution < 1.29 is 9.90 Å². The summed E-state index contributed by atoms with van der Waals surface area (Å²) in [5.74, 6) is -0.806. The van der Waals surface area contributed by atoms with Crippen LogP contribution >= 0.6 is 0 Å². The summed E-state index contributed by atoms with van der Waals surface area (Å²) in [5.41, 5.74) is 1.07. The van der Waals surface area contributed by atoms with Crippen molar-refractivity contribution in [2.45, 2.75) is 32.7 Å². The minimum Gasteiger partial charge on any atom is -0.480 e. The number of hydrogen-bond acceptors (Lipinski definition) is 2. The summed E-state index contributed by atoms with van der Waals surface area (Å²) in [6, 6.07) is -0.485. The van der Waals surface area contributed by atoms with Gasteiger partial charge < -0.3 is 10.4 Å². The molecule has 0 aromatic rings. The maximum absolute atomic E-state index is 10.7. The molecule has 0 aliphatic heterocycles. The molecule has 80 valence electrons. The molecule has 3 nitrogen and oxygen atoms in total. The van der Waals surface area contributed by atoms with Gasteiger partial charge in [-0.1, -0.05) is 30.7 Å². The highest BCUT2D eigenvalue weighted by molar-refractivity contribution is 5.73. The number of carboxylic acids is 1. The van der Waals surface area contributed by atoms with Gasteiger partial charge in [-0.2, -0.15) is 0 Å². The predicted octanol–water partition coefficient (Wildman–Crippen LogP) is 1.96. The third-order valence-electron chi connectivity index (χ3n) is 1.93. The molecule has 2 N–H and O–H groups in total. The van der Waals surface area contributed by atoms with Gasteiger partial charge in [0.05, 0.1) is 0 Å². The lowest BCUT2D eigenvalue weighted by Crippen LogP contribution is -2.33. The fraction of sp³-hybridized carbons (Fsp3) is 0.545. The molecular weight excluding hydrogens is 178 g/mol. The van der Waals surface area contributed by atoms with Crippen molar-refractivity contribution in [2.75, 3.05) is 7.05 Å². The third kappa shape index (κ3) is 5.54. The topological polar surface area (TPSA) is 49.3 Å². The molecule has 0 aliphatic rings. The number of carbonyl (C=O) groups is 1. The lowest BCUT2D eigenvalue weighted by molar-refractivity contribution is -0.139. The summed E-state index contributed by atoms with van der Waals surface area (Å²) < 4.78 is 0. The summed E-state index contributed by atoms with van der Waals surface area (Å²) in [6.07, 6.45) is 7.50. The van der Waals surface area contributed by atoms with Crippen molar-refractivity contribution in [1.29, 1.82) is 0 Å². The summed E-state index contributed by atoms with van der Waals surface area (Å²) >= 11 is 0. The van der Waals surface area contributed by atoms with Crippen LogP contribution < -0.4 is 5.32 Å². The van der Waals surface area contributed by atoms with Gasteiger partial charge in [-0.15, -0.1) is 0 Å². The second-order valence-corrected chi connectivity index (χ2v) is 3.23. The maximum atomic E-state index is 10.7. The van der Waals surface area contributed by atoms with E-state index in [9.17, 15) is 4.79 Å². The first kappa shape index (κ1) is 12.9. The first-order valence-corrected chi connectivity index (χ1v) is 4.84. The average Bonchev–Trinajstić information content (AvgIpc) is 2.14. The Morgan fingerprint density at radius 3 is 2.64 bits per heavy atom. The van der Waals surface area contributed by atoms with Crippen LogP contribution in [0.4, 0.5) is 0 Å². The molecule has 0 saturated carbocycles. The molecule has 0 aliphatic carbocycles. The maximum Gasteiger partial charge on any atom is 0.321 e. The van der Waals surface area contributed by atoms with Crippen molar-refractivity contribution in [3.05, 3.63) is 23.8 Å². The predicted molar refractivity (Wildman–Crippen MR) is 58.3 cm³/mol. The van der Waals surface area contributed by atoms with E-state index in [0.29, 0.717) is 6.42 Å². The van der Waals surface area contributed by atoms with Crippen LogP contribution in [-0.2, 0) is 4.79 Å². The molecule has 0 unspecified atom stereocenters. The van der Waals surface area contributed by atoms with E-state index in [2.05, 4.69) is 12.2 Å².